The summed E-state index contributed by atoms with van der Waals surface area (Å²) in [7, 11) is 0. The summed E-state index contributed by atoms with van der Waals surface area (Å²) in [6, 6.07) is 4.85. The number of carbonyl (C=O) groups is 1. The zero-order chi connectivity index (χ0) is 16.3. The van der Waals surface area contributed by atoms with Gasteiger partial charge < -0.3 is 14.8 Å². The fraction of sp³-hybridized carbons (Fsp3) is 0.562. The topological polar surface area (TPSA) is 47.6 Å². The van der Waals surface area contributed by atoms with Gasteiger partial charge in [-0.3, -0.25) is 4.79 Å². The van der Waals surface area contributed by atoms with Gasteiger partial charge in [0, 0.05) is 17.7 Å². The number of carbonyl (C=O) groups excluding carboxylic acids is 1. The van der Waals surface area contributed by atoms with Crippen molar-refractivity contribution in [1.82, 2.24) is 5.32 Å². The Labute approximate surface area is 141 Å². The summed E-state index contributed by atoms with van der Waals surface area (Å²) in [5.74, 6) is 0.172. The second kappa shape index (κ2) is 7.07. The highest BCUT2D eigenvalue weighted by Gasteiger charge is 2.33. The number of benzene rings is 1. The number of halogens is 2. The Morgan fingerprint density at radius 3 is 2.82 bits per heavy atom. The third-order valence-electron chi connectivity index (χ3n) is 3.69. The largest absolute Gasteiger partial charge is 0.476 e. The van der Waals surface area contributed by atoms with E-state index >= 15 is 0 Å². The van der Waals surface area contributed by atoms with Crippen molar-refractivity contribution in [3.8, 4) is 5.75 Å². The van der Waals surface area contributed by atoms with E-state index in [1.807, 2.05) is 6.92 Å². The molecule has 0 bridgehead atoms. The Balaban J connectivity index is 2.02. The summed E-state index contributed by atoms with van der Waals surface area (Å²) in [4.78, 5) is 12.5. The molecule has 1 amide bonds. The van der Waals surface area contributed by atoms with Gasteiger partial charge in [0.05, 0.1) is 17.2 Å². The first-order valence-corrected chi connectivity index (χ1v) is 8.12. The number of rotatable bonds is 5. The van der Waals surface area contributed by atoms with Crippen LogP contribution in [-0.2, 0) is 9.53 Å². The van der Waals surface area contributed by atoms with Crippen molar-refractivity contribution in [3.63, 3.8) is 0 Å². The van der Waals surface area contributed by atoms with Crippen molar-refractivity contribution < 1.29 is 14.3 Å². The highest BCUT2D eigenvalue weighted by atomic mass is 35.5. The molecule has 1 fully saturated rings. The van der Waals surface area contributed by atoms with Crippen molar-refractivity contribution >= 4 is 29.1 Å². The van der Waals surface area contributed by atoms with Crippen molar-refractivity contribution in [3.05, 3.63) is 28.2 Å². The molecular formula is C16H21Cl2NO3. The second-order valence-corrected chi connectivity index (χ2v) is 6.84. The third-order valence-corrected chi connectivity index (χ3v) is 4.23. The molecule has 0 aliphatic carbocycles. The average molecular weight is 346 g/mol. The summed E-state index contributed by atoms with van der Waals surface area (Å²) in [6.45, 7) is 6.09. The molecule has 0 unspecified atom stereocenters. The summed E-state index contributed by atoms with van der Waals surface area (Å²) in [5.41, 5.74) is -1.07. The summed E-state index contributed by atoms with van der Waals surface area (Å²) >= 11 is 12.0. The SMILES string of the molecule is C[C@@H](NC(=O)C(C)(C)Oc1cc(Cl)ccc1Cl)[C@@H]1CCCO1. The van der Waals surface area contributed by atoms with Crippen molar-refractivity contribution in [2.24, 2.45) is 0 Å². The standard InChI is InChI=1S/C16H21Cl2NO3/c1-10(13-5-4-8-21-13)19-15(20)16(2,3)22-14-9-11(17)6-7-12(14)18/h6-7,9-10,13H,4-5,8H2,1-3H3,(H,19,20)/t10-,13+/m1/s1. The molecule has 1 N–H and O–H groups in total. The molecule has 122 valence electrons. The Kier molecular flexibility index (Phi) is 5.59. The van der Waals surface area contributed by atoms with Crippen LogP contribution < -0.4 is 10.1 Å². The molecular weight excluding hydrogens is 325 g/mol. The van der Waals surface area contributed by atoms with E-state index in [2.05, 4.69) is 5.32 Å². The Morgan fingerprint density at radius 2 is 2.18 bits per heavy atom. The summed E-state index contributed by atoms with van der Waals surface area (Å²) < 4.78 is 11.4. The van der Waals surface area contributed by atoms with E-state index in [9.17, 15) is 4.79 Å². The molecule has 22 heavy (non-hydrogen) atoms. The van der Waals surface area contributed by atoms with Crippen LogP contribution in [0.4, 0.5) is 0 Å². The number of ether oxygens (including phenoxy) is 2. The highest BCUT2D eigenvalue weighted by Crippen LogP contribution is 2.31. The normalized spacial score (nSPS) is 19.8. The number of amides is 1. The van der Waals surface area contributed by atoms with Gasteiger partial charge in [-0.2, -0.15) is 0 Å². The van der Waals surface area contributed by atoms with E-state index in [1.54, 1.807) is 32.0 Å². The lowest BCUT2D eigenvalue weighted by atomic mass is 10.1. The third kappa shape index (κ3) is 4.28. The Hall–Kier alpha value is -0.970. The van der Waals surface area contributed by atoms with Crippen LogP contribution in [0.25, 0.3) is 0 Å². The molecule has 1 aromatic carbocycles. The van der Waals surface area contributed by atoms with Crippen molar-refractivity contribution in [2.75, 3.05) is 6.61 Å². The molecule has 2 atom stereocenters. The second-order valence-electron chi connectivity index (χ2n) is 6.00. The maximum absolute atomic E-state index is 12.5. The van der Waals surface area contributed by atoms with E-state index in [0.717, 1.165) is 19.4 Å². The quantitative estimate of drug-likeness (QED) is 0.881. The number of hydrogen-bond donors (Lipinski definition) is 1. The maximum Gasteiger partial charge on any atom is 0.263 e. The van der Waals surface area contributed by atoms with Gasteiger partial charge in [0.2, 0.25) is 0 Å². The molecule has 2 rings (SSSR count). The Bertz CT molecular complexity index is 542. The molecule has 1 aliphatic rings. The van der Waals surface area contributed by atoms with E-state index in [1.165, 1.54) is 0 Å². The van der Waals surface area contributed by atoms with Crippen LogP contribution in [0, 0.1) is 0 Å². The first-order chi connectivity index (χ1) is 10.3. The zero-order valence-corrected chi connectivity index (χ0v) is 14.5. The minimum absolute atomic E-state index is 0.0623. The molecule has 1 saturated heterocycles. The van der Waals surface area contributed by atoms with E-state index < -0.39 is 5.60 Å². The Morgan fingerprint density at radius 1 is 1.45 bits per heavy atom. The fourth-order valence-electron chi connectivity index (χ4n) is 2.35. The minimum Gasteiger partial charge on any atom is -0.476 e. The summed E-state index contributed by atoms with van der Waals surface area (Å²) in [5, 5.41) is 3.87. The molecule has 4 nitrogen and oxygen atoms in total. The minimum atomic E-state index is -1.07. The van der Waals surface area contributed by atoms with Gasteiger partial charge in [-0.25, -0.2) is 0 Å². The molecule has 0 radical (unpaired) electrons. The number of hydrogen-bond acceptors (Lipinski definition) is 3. The van der Waals surface area contributed by atoms with Gasteiger partial charge in [-0.15, -0.1) is 0 Å². The zero-order valence-electron chi connectivity index (χ0n) is 13.0. The molecule has 1 aromatic rings. The smallest absolute Gasteiger partial charge is 0.263 e. The van der Waals surface area contributed by atoms with Crippen LogP contribution in [0.1, 0.15) is 33.6 Å². The van der Waals surface area contributed by atoms with Crippen LogP contribution in [0.2, 0.25) is 10.0 Å². The van der Waals surface area contributed by atoms with E-state index in [-0.39, 0.29) is 18.1 Å². The molecule has 6 heteroatoms. The van der Waals surface area contributed by atoms with Gasteiger partial charge in [-0.05, 0) is 45.7 Å². The van der Waals surface area contributed by atoms with Gasteiger partial charge in [-0.1, -0.05) is 23.2 Å². The molecule has 1 aliphatic heterocycles. The van der Waals surface area contributed by atoms with Crippen LogP contribution >= 0.6 is 23.2 Å². The van der Waals surface area contributed by atoms with Crippen molar-refractivity contribution in [2.45, 2.75) is 51.4 Å². The monoisotopic (exact) mass is 345 g/mol. The summed E-state index contributed by atoms with van der Waals surface area (Å²) in [6.07, 6.45) is 2.06. The lowest BCUT2D eigenvalue weighted by Crippen LogP contribution is -2.52. The first kappa shape index (κ1) is 17.4. The van der Waals surface area contributed by atoms with Crippen LogP contribution in [-0.4, -0.2) is 30.3 Å². The van der Waals surface area contributed by atoms with Crippen LogP contribution in [0.3, 0.4) is 0 Å². The average Bonchev–Trinajstić information content (AvgIpc) is 2.96. The fourth-order valence-corrected chi connectivity index (χ4v) is 2.67. The lowest BCUT2D eigenvalue weighted by Gasteiger charge is -2.29. The van der Waals surface area contributed by atoms with Gasteiger partial charge in [0.25, 0.3) is 5.91 Å². The maximum atomic E-state index is 12.5. The van der Waals surface area contributed by atoms with Gasteiger partial charge in [0.1, 0.15) is 5.75 Å². The molecule has 0 spiro atoms. The van der Waals surface area contributed by atoms with E-state index in [0.29, 0.717) is 15.8 Å². The van der Waals surface area contributed by atoms with Crippen LogP contribution in [0.5, 0.6) is 5.75 Å². The lowest BCUT2D eigenvalue weighted by molar-refractivity contribution is -0.135. The highest BCUT2D eigenvalue weighted by molar-refractivity contribution is 6.34. The first-order valence-electron chi connectivity index (χ1n) is 7.36. The van der Waals surface area contributed by atoms with Gasteiger partial charge >= 0.3 is 0 Å². The predicted octanol–water partition coefficient (Wildman–Crippen LogP) is 3.83. The predicted molar refractivity (Wildman–Crippen MR) is 87.7 cm³/mol. The molecule has 0 aromatic heterocycles. The van der Waals surface area contributed by atoms with Gasteiger partial charge in [0.15, 0.2) is 5.60 Å². The van der Waals surface area contributed by atoms with E-state index in [4.69, 9.17) is 32.7 Å². The molecule has 0 saturated carbocycles. The molecule has 1 heterocycles. The number of nitrogens with one attached hydrogen (secondary N) is 1. The van der Waals surface area contributed by atoms with Crippen LogP contribution in [0.15, 0.2) is 18.2 Å². The van der Waals surface area contributed by atoms with Crippen molar-refractivity contribution in [1.29, 1.82) is 0 Å².